The fraction of sp³-hybridized carbons (Fsp3) is 0.467. The van der Waals surface area contributed by atoms with Crippen molar-refractivity contribution in [2.45, 2.75) is 24.5 Å². The van der Waals surface area contributed by atoms with E-state index in [1.807, 2.05) is 6.07 Å². The summed E-state index contributed by atoms with van der Waals surface area (Å²) in [4.78, 5) is 25.9. The number of para-hydroxylation sites is 1. The number of methoxy groups -OCH3 is 1. The molecule has 0 aromatic heterocycles. The summed E-state index contributed by atoms with van der Waals surface area (Å²) in [5.74, 6) is 0.672. The van der Waals surface area contributed by atoms with Gasteiger partial charge in [0, 0.05) is 7.05 Å². The van der Waals surface area contributed by atoms with E-state index in [9.17, 15) is 9.59 Å². The van der Waals surface area contributed by atoms with Crippen molar-refractivity contribution in [3.05, 3.63) is 29.8 Å². The van der Waals surface area contributed by atoms with Crippen LogP contribution in [0.4, 0.5) is 5.69 Å². The first-order chi connectivity index (χ1) is 9.65. The summed E-state index contributed by atoms with van der Waals surface area (Å²) in [6, 6.07) is 7.04. The van der Waals surface area contributed by atoms with Crippen LogP contribution in [0.5, 0.6) is 0 Å². The molecule has 5 heteroatoms. The highest BCUT2D eigenvalue weighted by molar-refractivity contribution is 8.00. The van der Waals surface area contributed by atoms with Crippen LogP contribution in [-0.4, -0.2) is 37.0 Å². The Bertz CT molecular complexity index is 498. The molecule has 1 aromatic carbocycles. The summed E-state index contributed by atoms with van der Waals surface area (Å²) in [5.41, 5.74) is 1.03. The molecule has 0 spiro atoms. The minimum atomic E-state index is -0.420. The number of carbonyl (C=O) groups is 2. The number of carbonyl (C=O) groups excluding carboxylic acids is 2. The Balaban J connectivity index is 2.21. The lowest BCUT2D eigenvalue weighted by Gasteiger charge is -2.27. The van der Waals surface area contributed by atoms with Crippen molar-refractivity contribution in [3.8, 4) is 0 Å². The minimum absolute atomic E-state index is 0.000506. The average molecular weight is 293 g/mol. The second kappa shape index (κ2) is 6.79. The van der Waals surface area contributed by atoms with E-state index in [1.165, 1.54) is 13.5 Å². The van der Waals surface area contributed by atoms with E-state index in [2.05, 4.69) is 0 Å². The molecule has 4 nitrogen and oxygen atoms in total. The van der Waals surface area contributed by atoms with Gasteiger partial charge in [-0.2, -0.15) is 0 Å². The Hall–Kier alpha value is -1.49. The SMILES string of the molecule is COC(=O)c1ccccc1N(C)C(=O)C1CCCCS1. The third-order valence-corrected chi connectivity index (χ3v) is 4.82. The highest BCUT2D eigenvalue weighted by Crippen LogP contribution is 2.29. The van der Waals surface area contributed by atoms with E-state index in [0.29, 0.717) is 11.3 Å². The Morgan fingerprint density at radius 1 is 1.30 bits per heavy atom. The number of benzene rings is 1. The van der Waals surface area contributed by atoms with Gasteiger partial charge in [0.05, 0.1) is 23.6 Å². The number of esters is 1. The van der Waals surface area contributed by atoms with Gasteiger partial charge in [0.15, 0.2) is 0 Å². The summed E-state index contributed by atoms with van der Waals surface area (Å²) in [7, 11) is 3.07. The standard InChI is InChI=1S/C15H19NO3S/c1-16(14(17)13-9-5-6-10-20-13)12-8-4-3-7-11(12)15(18)19-2/h3-4,7-8,13H,5-6,9-10H2,1-2H3. The fourth-order valence-corrected chi connectivity index (χ4v) is 3.61. The molecule has 20 heavy (non-hydrogen) atoms. The molecule has 1 aliphatic heterocycles. The number of amides is 1. The third-order valence-electron chi connectivity index (χ3n) is 3.46. The van der Waals surface area contributed by atoms with Crippen molar-refractivity contribution in [2.24, 2.45) is 0 Å². The minimum Gasteiger partial charge on any atom is -0.465 e. The van der Waals surface area contributed by atoms with Gasteiger partial charge in [0.2, 0.25) is 5.91 Å². The highest BCUT2D eigenvalue weighted by atomic mass is 32.2. The van der Waals surface area contributed by atoms with Crippen LogP contribution in [0.2, 0.25) is 0 Å². The monoisotopic (exact) mass is 293 g/mol. The van der Waals surface area contributed by atoms with Gasteiger partial charge in [-0.05, 0) is 30.7 Å². The Kier molecular flexibility index (Phi) is 5.06. The third kappa shape index (κ3) is 3.15. The van der Waals surface area contributed by atoms with Crippen LogP contribution in [-0.2, 0) is 9.53 Å². The summed E-state index contributed by atoms with van der Waals surface area (Å²) in [6.45, 7) is 0. The van der Waals surface area contributed by atoms with Crippen LogP contribution in [0.3, 0.4) is 0 Å². The van der Waals surface area contributed by atoms with Gasteiger partial charge in [-0.25, -0.2) is 4.79 Å². The van der Waals surface area contributed by atoms with Crippen LogP contribution < -0.4 is 4.90 Å². The number of hydrogen-bond donors (Lipinski definition) is 0. The molecule has 2 rings (SSSR count). The Morgan fingerprint density at radius 3 is 2.70 bits per heavy atom. The summed E-state index contributed by atoms with van der Waals surface area (Å²) >= 11 is 1.71. The molecule has 1 amide bonds. The lowest BCUT2D eigenvalue weighted by atomic mass is 10.1. The number of thioether (sulfide) groups is 1. The molecule has 1 fully saturated rings. The smallest absolute Gasteiger partial charge is 0.339 e. The molecule has 0 bridgehead atoms. The first kappa shape index (κ1) is 14.9. The maximum Gasteiger partial charge on any atom is 0.339 e. The van der Waals surface area contributed by atoms with Gasteiger partial charge < -0.3 is 9.64 Å². The van der Waals surface area contributed by atoms with E-state index >= 15 is 0 Å². The van der Waals surface area contributed by atoms with Crippen LogP contribution in [0.15, 0.2) is 24.3 Å². The van der Waals surface area contributed by atoms with Crippen molar-refractivity contribution in [1.29, 1.82) is 0 Å². The molecule has 1 aliphatic rings. The van der Waals surface area contributed by atoms with E-state index < -0.39 is 5.97 Å². The maximum atomic E-state index is 12.5. The quantitative estimate of drug-likeness (QED) is 0.804. The lowest BCUT2D eigenvalue weighted by Crippen LogP contribution is -2.36. The van der Waals surface area contributed by atoms with E-state index in [1.54, 1.807) is 41.9 Å². The van der Waals surface area contributed by atoms with Crippen LogP contribution >= 0.6 is 11.8 Å². The van der Waals surface area contributed by atoms with Crippen LogP contribution in [0.1, 0.15) is 29.6 Å². The predicted octanol–water partition coefficient (Wildman–Crippen LogP) is 2.72. The molecule has 1 unspecified atom stereocenters. The predicted molar refractivity (Wildman–Crippen MR) is 81.3 cm³/mol. The number of ether oxygens (including phenoxy) is 1. The molecule has 0 radical (unpaired) electrons. The Labute approximate surface area is 123 Å². The van der Waals surface area contributed by atoms with Gasteiger partial charge in [0.1, 0.15) is 0 Å². The second-order valence-corrected chi connectivity index (χ2v) is 6.07. The first-order valence-corrected chi connectivity index (χ1v) is 7.76. The first-order valence-electron chi connectivity index (χ1n) is 6.71. The number of nitrogens with zero attached hydrogens (tertiary/aromatic N) is 1. The highest BCUT2D eigenvalue weighted by Gasteiger charge is 2.27. The molecule has 1 heterocycles. The summed E-state index contributed by atoms with van der Waals surface area (Å²) in [5, 5.41) is -0.000506. The van der Waals surface area contributed by atoms with Crippen LogP contribution in [0.25, 0.3) is 0 Å². The van der Waals surface area contributed by atoms with Crippen molar-refractivity contribution >= 4 is 29.3 Å². The molecule has 0 aliphatic carbocycles. The molecule has 0 saturated carbocycles. The second-order valence-electron chi connectivity index (χ2n) is 4.76. The molecular formula is C15H19NO3S. The summed E-state index contributed by atoms with van der Waals surface area (Å²) in [6.07, 6.45) is 3.18. The topological polar surface area (TPSA) is 46.6 Å². The average Bonchev–Trinajstić information content (AvgIpc) is 2.53. The normalized spacial score (nSPS) is 18.4. The molecule has 108 valence electrons. The Morgan fingerprint density at radius 2 is 2.05 bits per heavy atom. The number of hydrogen-bond acceptors (Lipinski definition) is 4. The lowest BCUT2D eigenvalue weighted by molar-refractivity contribution is -0.118. The van der Waals surface area contributed by atoms with Gasteiger partial charge >= 0.3 is 5.97 Å². The molecule has 1 atom stereocenters. The van der Waals surface area contributed by atoms with Crippen molar-refractivity contribution < 1.29 is 14.3 Å². The molecular weight excluding hydrogens is 274 g/mol. The van der Waals surface area contributed by atoms with Gasteiger partial charge in [-0.1, -0.05) is 18.6 Å². The van der Waals surface area contributed by atoms with Gasteiger partial charge in [-0.15, -0.1) is 11.8 Å². The molecule has 0 N–H and O–H groups in total. The maximum absolute atomic E-state index is 12.5. The zero-order valence-corrected chi connectivity index (χ0v) is 12.6. The van der Waals surface area contributed by atoms with Gasteiger partial charge in [0.25, 0.3) is 0 Å². The van der Waals surface area contributed by atoms with E-state index in [-0.39, 0.29) is 11.2 Å². The van der Waals surface area contributed by atoms with Crippen molar-refractivity contribution in [2.75, 3.05) is 24.8 Å². The van der Waals surface area contributed by atoms with E-state index in [4.69, 9.17) is 4.74 Å². The number of anilines is 1. The molecule has 1 aromatic rings. The van der Waals surface area contributed by atoms with Gasteiger partial charge in [-0.3, -0.25) is 4.79 Å². The van der Waals surface area contributed by atoms with Crippen molar-refractivity contribution in [1.82, 2.24) is 0 Å². The zero-order chi connectivity index (χ0) is 14.5. The molecule has 1 saturated heterocycles. The van der Waals surface area contributed by atoms with Crippen molar-refractivity contribution in [3.63, 3.8) is 0 Å². The number of rotatable bonds is 3. The van der Waals surface area contributed by atoms with Crippen LogP contribution in [0, 0.1) is 0 Å². The fourth-order valence-electron chi connectivity index (χ4n) is 2.32. The zero-order valence-electron chi connectivity index (χ0n) is 11.8. The summed E-state index contributed by atoms with van der Waals surface area (Å²) < 4.78 is 4.77. The largest absolute Gasteiger partial charge is 0.465 e. The van der Waals surface area contributed by atoms with E-state index in [0.717, 1.165) is 18.6 Å².